The Morgan fingerprint density at radius 1 is 1.22 bits per heavy atom. The molecular formula is C16H14IN2O3P. The molecule has 5 nitrogen and oxygen atoms in total. The number of carbonyl (C=O) groups excluding carboxylic acids is 1. The van der Waals surface area contributed by atoms with Crippen LogP contribution in [0.15, 0.2) is 48.5 Å². The van der Waals surface area contributed by atoms with E-state index in [9.17, 15) is 9.36 Å². The predicted octanol–water partition coefficient (Wildman–Crippen LogP) is 2.75. The van der Waals surface area contributed by atoms with Gasteiger partial charge in [0.15, 0.2) is 0 Å². The minimum Gasteiger partial charge on any atom is -0.364 e. The Bertz CT molecular complexity index is 937. The quantitative estimate of drug-likeness (QED) is 0.484. The van der Waals surface area contributed by atoms with Gasteiger partial charge in [0.25, 0.3) is 13.3 Å². The third-order valence-corrected chi connectivity index (χ3v) is 6.84. The molecular weight excluding hydrogens is 426 g/mol. The molecule has 0 aliphatic carbocycles. The standard InChI is InChI=1S/C16H14IN2O3P/c1-22-23(21,11-5-3-2-4-6-11)15-12-9-10(17)7-8-13(12)19-14(15)16(18)20/h2-9,19H,1H3,(H2,18,20)/t23-/m1/s1. The van der Waals surface area contributed by atoms with Crippen molar-refractivity contribution in [2.75, 3.05) is 7.11 Å². The predicted molar refractivity (Wildman–Crippen MR) is 99.9 cm³/mol. The summed E-state index contributed by atoms with van der Waals surface area (Å²) in [4.78, 5) is 14.9. The van der Waals surface area contributed by atoms with E-state index < -0.39 is 13.3 Å². The summed E-state index contributed by atoms with van der Waals surface area (Å²) in [5.41, 5.74) is 6.32. The third-order valence-electron chi connectivity index (χ3n) is 3.63. The van der Waals surface area contributed by atoms with Crippen LogP contribution in [0.1, 0.15) is 10.5 Å². The number of benzene rings is 2. The maximum absolute atomic E-state index is 13.6. The summed E-state index contributed by atoms with van der Waals surface area (Å²) in [5, 5.41) is 1.52. The highest BCUT2D eigenvalue weighted by molar-refractivity contribution is 14.1. The second-order valence-corrected chi connectivity index (χ2v) is 8.65. The van der Waals surface area contributed by atoms with Gasteiger partial charge in [-0.3, -0.25) is 9.36 Å². The molecule has 0 saturated heterocycles. The van der Waals surface area contributed by atoms with Crippen molar-refractivity contribution in [2.45, 2.75) is 0 Å². The molecule has 0 radical (unpaired) electrons. The normalized spacial score (nSPS) is 13.8. The second kappa shape index (κ2) is 6.11. The average molecular weight is 440 g/mol. The fourth-order valence-corrected chi connectivity index (χ4v) is 5.25. The molecule has 7 heteroatoms. The molecule has 0 bridgehead atoms. The van der Waals surface area contributed by atoms with E-state index in [1.807, 2.05) is 24.3 Å². The molecule has 1 amide bonds. The summed E-state index contributed by atoms with van der Waals surface area (Å²) in [5.74, 6) is -0.667. The number of hydrogen-bond donors (Lipinski definition) is 2. The van der Waals surface area contributed by atoms with Crippen LogP contribution in [0.5, 0.6) is 0 Å². The fraction of sp³-hybridized carbons (Fsp3) is 0.0625. The summed E-state index contributed by atoms with van der Waals surface area (Å²) in [6.07, 6.45) is 0. The molecule has 1 atom stereocenters. The Morgan fingerprint density at radius 2 is 1.91 bits per heavy atom. The van der Waals surface area contributed by atoms with Crippen molar-refractivity contribution in [2.24, 2.45) is 5.73 Å². The maximum atomic E-state index is 13.6. The van der Waals surface area contributed by atoms with Gasteiger partial charge >= 0.3 is 0 Å². The van der Waals surface area contributed by atoms with Crippen LogP contribution in [0.2, 0.25) is 0 Å². The summed E-state index contributed by atoms with van der Waals surface area (Å²) >= 11 is 2.17. The zero-order chi connectivity index (χ0) is 16.6. The molecule has 2 aromatic carbocycles. The van der Waals surface area contributed by atoms with Crippen molar-refractivity contribution in [3.63, 3.8) is 0 Å². The minimum atomic E-state index is -3.45. The van der Waals surface area contributed by atoms with Crippen LogP contribution in [-0.2, 0) is 9.09 Å². The second-order valence-electron chi connectivity index (χ2n) is 4.97. The van der Waals surface area contributed by atoms with Crippen LogP contribution < -0.4 is 16.3 Å². The topological polar surface area (TPSA) is 85.2 Å². The van der Waals surface area contributed by atoms with Crippen molar-refractivity contribution < 1.29 is 13.9 Å². The lowest BCUT2D eigenvalue weighted by Gasteiger charge is -2.17. The Kier molecular flexibility index (Phi) is 4.31. The van der Waals surface area contributed by atoms with Gasteiger partial charge in [0.2, 0.25) is 0 Å². The van der Waals surface area contributed by atoms with E-state index in [0.29, 0.717) is 21.5 Å². The number of halogens is 1. The number of aromatic amines is 1. The molecule has 0 aliphatic heterocycles. The molecule has 0 saturated carbocycles. The van der Waals surface area contributed by atoms with E-state index in [0.717, 1.165) is 3.57 Å². The van der Waals surface area contributed by atoms with Crippen LogP contribution >= 0.6 is 30.0 Å². The van der Waals surface area contributed by atoms with Crippen LogP contribution in [0.25, 0.3) is 10.9 Å². The van der Waals surface area contributed by atoms with Crippen molar-refractivity contribution in [1.82, 2.24) is 4.98 Å². The van der Waals surface area contributed by atoms with Gasteiger partial charge in [-0.05, 0) is 52.9 Å². The van der Waals surface area contributed by atoms with E-state index in [1.165, 1.54) is 7.11 Å². The highest BCUT2D eigenvalue weighted by Gasteiger charge is 2.35. The lowest BCUT2D eigenvalue weighted by molar-refractivity contribution is 0.0997. The Labute approximate surface area is 146 Å². The zero-order valence-electron chi connectivity index (χ0n) is 12.2. The smallest absolute Gasteiger partial charge is 0.266 e. The van der Waals surface area contributed by atoms with Crippen molar-refractivity contribution >= 4 is 57.4 Å². The van der Waals surface area contributed by atoms with E-state index in [4.69, 9.17) is 10.3 Å². The summed E-state index contributed by atoms with van der Waals surface area (Å²) in [6, 6.07) is 14.4. The van der Waals surface area contributed by atoms with Gasteiger partial charge in [0, 0.05) is 26.9 Å². The first-order chi connectivity index (χ1) is 11.0. The summed E-state index contributed by atoms with van der Waals surface area (Å²) in [6.45, 7) is 0. The number of nitrogens with one attached hydrogen (secondary N) is 1. The first-order valence-corrected chi connectivity index (χ1v) is 9.50. The van der Waals surface area contributed by atoms with Gasteiger partial charge in [0.05, 0.1) is 5.30 Å². The summed E-state index contributed by atoms with van der Waals surface area (Å²) in [7, 11) is -2.07. The Morgan fingerprint density at radius 3 is 2.52 bits per heavy atom. The number of hydrogen-bond acceptors (Lipinski definition) is 3. The van der Waals surface area contributed by atoms with E-state index in [1.54, 1.807) is 24.3 Å². The maximum Gasteiger partial charge on any atom is 0.266 e. The molecule has 1 heterocycles. The molecule has 1 aromatic heterocycles. The van der Waals surface area contributed by atoms with E-state index in [2.05, 4.69) is 27.6 Å². The Hall–Kier alpha value is -1.63. The Balaban J connectivity index is 2.41. The van der Waals surface area contributed by atoms with Crippen LogP contribution in [-0.4, -0.2) is 18.0 Å². The van der Waals surface area contributed by atoms with Gasteiger partial charge in [0.1, 0.15) is 5.69 Å². The van der Waals surface area contributed by atoms with Gasteiger partial charge < -0.3 is 15.2 Å². The number of fused-ring (bicyclic) bond motifs is 1. The monoisotopic (exact) mass is 440 g/mol. The largest absolute Gasteiger partial charge is 0.364 e. The lowest BCUT2D eigenvalue weighted by atomic mass is 10.2. The minimum absolute atomic E-state index is 0.121. The van der Waals surface area contributed by atoms with Gasteiger partial charge in [-0.1, -0.05) is 18.2 Å². The highest BCUT2D eigenvalue weighted by Crippen LogP contribution is 2.46. The number of aromatic nitrogens is 1. The van der Waals surface area contributed by atoms with Gasteiger partial charge in [-0.2, -0.15) is 0 Å². The molecule has 0 fully saturated rings. The number of amides is 1. The van der Waals surface area contributed by atoms with Gasteiger partial charge in [-0.15, -0.1) is 0 Å². The first kappa shape index (κ1) is 16.2. The molecule has 3 N–H and O–H groups in total. The van der Waals surface area contributed by atoms with E-state index in [-0.39, 0.29) is 5.69 Å². The van der Waals surface area contributed by atoms with Crippen molar-refractivity contribution in [3.05, 3.63) is 57.8 Å². The molecule has 3 rings (SSSR count). The molecule has 0 spiro atoms. The van der Waals surface area contributed by atoms with Crippen LogP contribution in [0.3, 0.4) is 0 Å². The third kappa shape index (κ3) is 2.71. The molecule has 0 unspecified atom stereocenters. The average Bonchev–Trinajstić information content (AvgIpc) is 2.94. The first-order valence-electron chi connectivity index (χ1n) is 6.80. The number of nitrogens with two attached hydrogens (primary N) is 1. The fourth-order valence-electron chi connectivity index (χ4n) is 2.58. The summed E-state index contributed by atoms with van der Waals surface area (Å²) < 4.78 is 20.0. The van der Waals surface area contributed by atoms with Crippen LogP contribution in [0, 0.1) is 3.57 Å². The number of primary amides is 1. The lowest BCUT2D eigenvalue weighted by Crippen LogP contribution is -2.25. The number of rotatable bonds is 4. The molecule has 0 aliphatic rings. The van der Waals surface area contributed by atoms with Crippen molar-refractivity contribution in [1.29, 1.82) is 0 Å². The van der Waals surface area contributed by atoms with Crippen LogP contribution in [0.4, 0.5) is 0 Å². The van der Waals surface area contributed by atoms with Crippen molar-refractivity contribution in [3.8, 4) is 0 Å². The van der Waals surface area contributed by atoms with E-state index >= 15 is 0 Å². The SMILES string of the molecule is CO[P@](=O)(c1ccccc1)c1c(C(N)=O)[nH]c2ccc(I)cc12. The molecule has 3 aromatic rings. The van der Waals surface area contributed by atoms with Gasteiger partial charge in [-0.25, -0.2) is 0 Å². The highest BCUT2D eigenvalue weighted by atomic mass is 127. The number of carbonyl (C=O) groups is 1. The number of H-pyrrole nitrogens is 1. The zero-order valence-corrected chi connectivity index (χ0v) is 15.3. The molecule has 118 valence electrons. The molecule has 23 heavy (non-hydrogen) atoms.